The Hall–Kier alpha value is -1.33. The van der Waals surface area contributed by atoms with Crippen molar-refractivity contribution in [3.05, 3.63) is 41.1 Å². The minimum atomic E-state index is -0.890. The number of rotatable bonds is 4. The molecule has 0 radical (unpaired) electrons. The first-order chi connectivity index (χ1) is 11.7. The molecule has 1 aromatic rings. The van der Waals surface area contributed by atoms with Crippen molar-refractivity contribution in [2.75, 3.05) is 7.11 Å². The molecule has 1 heterocycles. The maximum Gasteiger partial charge on any atom is 0.525 e. The largest absolute Gasteiger partial charge is 0.525 e. The Morgan fingerprint density at radius 1 is 1.20 bits per heavy atom. The van der Waals surface area contributed by atoms with E-state index >= 15 is 4.39 Å². The van der Waals surface area contributed by atoms with Gasteiger partial charge in [0, 0.05) is 0 Å². The second-order valence-electron chi connectivity index (χ2n) is 8.07. The van der Waals surface area contributed by atoms with Crippen molar-refractivity contribution < 1.29 is 18.4 Å². The van der Waals surface area contributed by atoms with Crippen LogP contribution in [0.5, 0.6) is 5.75 Å². The van der Waals surface area contributed by atoms with Crippen molar-refractivity contribution in [2.24, 2.45) is 5.92 Å². The molecule has 0 amide bonds. The Morgan fingerprint density at radius 3 is 2.48 bits per heavy atom. The number of ether oxygens (including phenoxy) is 1. The molecule has 2 aliphatic rings. The average molecular weight is 346 g/mol. The van der Waals surface area contributed by atoms with Gasteiger partial charge in [-0.15, -0.1) is 0 Å². The first-order valence-corrected chi connectivity index (χ1v) is 9.11. The minimum absolute atomic E-state index is 0.176. The third-order valence-electron chi connectivity index (χ3n) is 5.92. The van der Waals surface area contributed by atoms with E-state index < -0.39 is 18.3 Å². The molecule has 1 aliphatic heterocycles. The summed E-state index contributed by atoms with van der Waals surface area (Å²) in [7, 11) is 0.785. The molecule has 3 rings (SSSR count). The van der Waals surface area contributed by atoms with Crippen LogP contribution in [-0.2, 0) is 15.7 Å². The highest BCUT2D eigenvalue weighted by Gasteiger charge is 2.54. The summed E-state index contributed by atoms with van der Waals surface area (Å²) in [6.07, 6.45) is 3.55. The highest BCUT2D eigenvalue weighted by atomic mass is 19.1. The van der Waals surface area contributed by atoms with Crippen LogP contribution in [0.3, 0.4) is 0 Å². The van der Waals surface area contributed by atoms with Gasteiger partial charge in [-0.1, -0.05) is 18.2 Å². The predicted molar refractivity (Wildman–Crippen MR) is 98.3 cm³/mol. The predicted octanol–water partition coefficient (Wildman–Crippen LogP) is 4.89. The van der Waals surface area contributed by atoms with E-state index in [-0.39, 0.29) is 11.6 Å². The van der Waals surface area contributed by atoms with Gasteiger partial charge in [-0.3, -0.25) is 0 Å². The zero-order chi connectivity index (χ0) is 18.2. The van der Waals surface area contributed by atoms with Crippen molar-refractivity contribution in [3.63, 3.8) is 0 Å². The van der Waals surface area contributed by atoms with E-state index in [2.05, 4.69) is 6.07 Å². The van der Waals surface area contributed by atoms with Crippen LogP contribution in [0.25, 0.3) is 0 Å². The topological polar surface area (TPSA) is 27.7 Å². The van der Waals surface area contributed by atoms with Crippen LogP contribution < -0.4 is 4.74 Å². The van der Waals surface area contributed by atoms with Crippen molar-refractivity contribution >= 4 is 7.12 Å². The fraction of sp³-hybridized carbons (Fsp3) is 0.600. The number of benzene rings is 1. The molecule has 1 atom stereocenters. The summed E-state index contributed by atoms with van der Waals surface area (Å²) >= 11 is 0. The minimum Gasteiger partial charge on any atom is -0.496 e. The fourth-order valence-corrected chi connectivity index (χ4v) is 3.69. The van der Waals surface area contributed by atoms with Gasteiger partial charge in [-0.05, 0) is 76.5 Å². The smallest absolute Gasteiger partial charge is 0.496 e. The third kappa shape index (κ3) is 3.49. The molecule has 0 aromatic heterocycles. The summed E-state index contributed by atoms with van der Waals surface area (Å²) in [6, 6.07) is 7.97. The molecule has 2 fully saturated rings. The van der Waals surface area contributed by atoms with Crippen LogP contribution in [0.15, 0.2) is 35.6 Å². The maximum atomic E-state index is 15.2. The number of allylic oxidation sites excluding steroid dienone is 1. The number of hydrogen-bond acceptors (Lipinski definition) is 3. The molecule has 0 spiro atoms. The van der Waals surface area contributed by atoms with E-state index in [1.807, 2.05) is 45.9 Å². The van der Waals surface area contributed by atoms with Crippen LogP contribution in [0.1, 0.15) is 52.5 Å². The normalized spacial score (nSPS) is 26.8. The Bertz CT molecular complexity index is 653. The Labute approximate surface area is 150 Å². The number of halogens is 1. The average Bonchev–Trinajstić information content (AvgIpc) is 3.09. The molecule has 1 saturated heterocycles. The molecule has 1 aliphatic carbocycles. The Morgan fingerprint density at radius 2 is 1.84 bits per heavy atom. The molecule has 136 valence electrons. The molecule has 5 heteroatoms. The summed E-state index contributed by atoms with van der Waals surface area (Å²) in [6.45, 7) is 7.80. The van der Waals surface area contributed by atoms with Crippen LogP contribution in [0, 0.1) is 5.92 Å². The lowest BCUT2D eigenvalue weighted by atomic mass is 9.80. The van der Waals surface area contributed by atoms with Crippen LogP contribution in [0.4, 0.5) is 4.39 Å². The van der Waals surface area contributed by atoms with E-state index in [0.29, 0.717) is 0 Å². The highest BCUT2D eigenvalue weighted by Crippen LogP contribution is 2.43. The van der Waals surface area contributed by atoms with Crippen molar-refractivity contribution in [1.29, 1.82) is 0 Å². The summed E-state index contributed by atoms with van der Waals surface area (Å²) in [5, 5.41) is 0. The van der Waals surface area contributed by atoms with E-state index in [9.17, 15) is 0 Å². The highest BCUT2D eigenvalue weighted by molar-refractivity contribution is 6.53. The molecule has 1 saturated carbocycles. The van der Waals surface area contributed by atoms with E-state index in [1.54, 1.807) is 7.11 Å². The summed E-state index contributed by atoms with van der Waals surface area (Å²) < 4.78 is 32.5. The standard InChI is InChI=1S/C20H28BFO3/c1-19(2)20(3,4)25-21(24-19)18(22)16-11-8-10-14(16)13-15-9-6-7-12-17(15)23-5/h6-7,9,12,14H,8,10-11,13H2,1-5H3. The van der Waals surface area contributed by atoms with E-state index in [4.69, 9.17) is 14.0 Å². The van der Waals surface area contributed by atoms with Crippen LogP contribution in [0.2, 0.25) is 0 Å². The van der Waals surface area contributed by atoms with E-state index in [1.165, 1.54) is 0 Å². The molecule has 25 heavy (non-hydrogen) atoms. The van der Waals surface area contributed by atoms with Crippen molar-refractivity contribution in [3.8, 4) is 5.75 Å². The van der Waals surface area contributed by atoms with Gasteiger partial charge in [0.15, 0.2) is 0 Å². The van der Waals surface area contributed by atoms with Crippen LogP contribution in [-0.4, -0.2) is 25.4 Å². The quantitative estimate of drug-likeness (QED) is 0.727. The first-order valence-electron chi connectivity index (χ1n) is 9.11. The fourth-order valence-electron chi connectivity index (χ4n) is 3.69. The number of hydrogen-bond donors (Lipinski definition) is 0. The first kappa shape index (κ1) is 18.5. The lowest BCUT2D eigenvalue weighted by Crippen LogP contribution is -2.41. The molecular formula is C20H28BFO3. The molecule has 0 N–H and O–H groups in total. The van der Waals surface area contributed by atoms with Crippen molar-refractivity contribution in [2.45, 2.75) is 64.6 Å². The van der Waals surface area contributed by atoms with Gasteiger partial charge in [0.2, 0.25) is 0 Å². The Kier molecular flexibility index (Phi) is 5.00. The lowest BCUT2D eigenvalue weighted by molar-refractivity contribution is 0.00578. The molecule has 3 nitrogen and oxygen atoms in total. The van der Waals surface area contributed by atoms with Crippen molar-refractivity contribution in [1.82, 2.24) is 0 Å². The van der Waals surface area contributed by atoms with Gasteiger partial charge in [-0.2, -0.15) is 0 Å². The molecule has 1 aromatic carbocycles. The summed E-state index contributed by atoms with van der Waals surface area (Å²) in [4.78, 5) is 0. The number of para-hydroxylation sites is 1. The molecular weight excluding hydrogens is 318 g/mol. The second kappa shape index (κ2) is 6.77. The molecule has 0 bridgehead atoms. The summed E-state index contributed by atoms with van der Waals surface area (Å²) in [5.74, 6) is 1.04. The van der Waals surface area contributed by atoms with Gasteiger partial charge >= 0.3 is 7.12 Å². The zero-order valence-corrected chi connectivity index (χ0v) is 15.9. The third-order valence-corrected chi connectivity index (χ3v) is 5.92. The Balaban J connectivity index is 1.82. The SMILES string of the molecule is COc1ccccc1CC1CCCC1=C(F)B1OC(C)(C)C(C)(C)O1. The monoisotopic (exact) mass is 346 g/mol. The summed E-state index contributed by atoms with van der Waals surface area (Å²) in [5.41, 5.74) is 0.704. The van der Waals surface area contributed by atoms with Gasteiger partial charge in [0.1, 0.15) is 11.5 Å². The van der Waals surface area contributed by atoms with Gasteiger partial charge in [0.05, 0.1) is 18.3 Å². The molecule has 1 unspecified atom stereocenters. The van der Waals surface area contributed by atoms with Gasteiger partial charge < -0.3 is 14.0 Å². The van der Waals surface area contributed by atoms with E-state index in [0.717, 1.165) is 42.6 Å². The zero-order valence-electron chi connectivity index (χ0n) is 15.9. The maximum absolute atomic E-state index is 15.2. The van der Waals surface area contributed by atoms with Crippen LogP contribution >= 0.6 is 0 Å². The van der Waals surface area contributed by atoms with Gasteiger partial charge in [0.25, 0.3) is 0 Å². The second-order valence-corrected chi connectivity index (χ2v) is 8.07. The number of methoxy groups -OCH3 is 1. The van der Waals surface area contributed by atoms with Gasteiger partial charge in [-0.25, -0.2) is 4.39 Å². The lowest BCUT2D eigenvalue weighted by Gasteiger charge is -2.32.